The zero-order valence-corrected chi connectivity index (χ0v) is 11.2. The first-order valence-electron chi connectivity index (χ1n) is 6.24. The molecule has 0 aliphatic heterocycles. The Kier molecular flexibility index (Phi) is 5.55. The van der Waals surface area contributed by atoms with E-state index in [-0.39, 0.29) is 0 Å². The summed E-state index contributed by atoms with van der Waals surface area (Å²) in [6, 6.07) is 8.74. The molecule has 1 aromatic rings. The maximum Gasteiger partial charge on any atom is 0.00579 e. The van der Waals surface area contributed by atoms with Crippen molar-refractivity contribution < 1.29 is 0 Å². The van der Waals surface area contributed by atoms with Crippen LogP contribution in [0.15, 0.2) is 42.6 Å². The van der Waals surface area contributed by atoms with Gasteiger partial charge in [-0.05, 0) is 30.4 Å². The van der Waals surface area contributed by atoms with Crippen LogP contribution in [0.3, 0.4) is 0 Å². The molecule has 1 nitrogen and oxygen atoms in total. The van der Waals surface area contributed by atoms with Crippen LogP contribution in [0.2, 0.25) is 0 Å². The largest absolute Gasteiger partial charge is 0.381 e. The maximum absolute atomic E-state index is 4.01. The van der Waals surface area contributed by atoms with E-state index in [0.29, 0.717) is 0 Å². The topological polar surface area (TPSA) is 3.24 Å². The molecule has 1 heteroatoms. The Morgan fingerprint density at radius 3 is 2.41 bits per heavy atom. The molecular weight excluding hydrogens is 206 g/mol. The van der Waals surface area contributed by atoms with Crippen molar-refractivity contribution in [2.45, 2.75) is 26.2 Å². The highest BCUT2D eigenvalue weighted by Crippen LogP contribution is 2.09. The number of hydrogen-bond donors (Lipinski definition) is 0. The van der Waals surface area contributed by atoms with Gasteiger partial charge in [0, 0.05) is 19.8 Å². The molecule has 1 rings (SSSR count). The fourth-order valence-electron chi connectivity index (χ4n) is 1.56. The smallest absolute Gasteiger partial charge is 0.00579 e. The molecule has 0 atom stereocenters. The van der Waals surface area contributed by atoms with Crippen molar-refractivity contribution in [3.63, 3.8) is 0 Å². The van der Waals surface area contributed by atoms with Crippen LogP contribution in [0, 0.1) is 0 Å². The van der Waals surface area contributed by atoms with E-state index in [4.69, 9.17) is 0 Å². The molecule has 0 bridgehead atoms. The van der Waals surface area contributed by atoms with Crippen LogP contribution in [0.5, 0.6) is 0 Å². The molecule has 0 N–H and O–H groups in total. The quantitative estimate of drug-likeness (QED) is 0.709. The number of hydrogen-bond acceptors (Lipinski definition) is 1. The lowest BCUT2D eigenvalue weighted by Crippen LogP contribution is -2.09. The molecule has 17 heavy (non-hydrogen) atoms. The van der Waals surface area contributed by atoms with Crippen LogP contribution in [0.25, 0.3) is 6.08 Å². The lowest BCUT2D eigenvalue weighted by atomic mass is 10.1. The minimum absolute atomic E-state index is 1.02. The third-order valence-corrected chi connectivity index (χ3v) is 2.93. The predicted molar refractivity (Wildman–Crippen MR) is 76.9 cm³/mol. The zero-order chi connectivity index (χ0) is 12.7. The number of allylic oxidation sites excluding steroid dienone is 2. The van der Waals surface area contributed by atoms with E-state index in [0.717, 1.165) is 19.3 Å². The van der Waals surface area contributed by atoms with Gasteiger partial charge in [0.2, 0.25) is 0 Å². The first kappa shape index (κ1) is 13.6. The number of nitrogens with zero attached hydrogens (tertiary/aromatic N) is 1. The molecule has 0 unspecified atom stereocenters. The second-order valence-electron chi connectivity index (χ2n) is 4.50. The van der Waals surface area contributed by atoms with E-state index >= 15 is 0 Å². The highest BCUT2D eigenvalue weighted by atomic mass is 15.1. The molecule has 0 aromatic heterocycles. The van der Waals surface area contributed by atoms with Crippen molar-refractivity contribution >= 4 is 6.08 Å². The fourth-order valence-corrected chi connectivity index (χ4v) is 1.56. The summed E-state index contributed by atoms with van der Waals surface area (Å²) in [5.74, 6) is 0. The summed E-state index contributed by atoms with van der Waals surface area (Å²) in [6.07, 6.45) is 7.58. The van der Waals surface area contributed by atoms with Gasteiger partial charge in [-0.15, -0.1) is 0 Å². The first-order chi connectivity index (χ1) is 8.13. The van der Waals surface area contributed by atoms with Gasteiger partial charge in [-0.25, -0.2) is 0 Å². The average Bonchev–Trinajstić information content (AvgIpc) is 2.35. The Morgan fingerprint density at radius 1 is 1.24 bits per heavy atom. The van der Waals surface area contributed by atoms with E-state index in [1.54, 1.807) is 0 Å². The SMILES string of the molecule is C=C(CC/C=C/c1ccc(CC)cc1)N(C)C. The van der Waals surface area contributed by atoms with Gasteiger partial charge in [-0.1, -0.05) is 49.9 Å². The predicted octanol–water partition coefficient (Wildman–Crippen LogP) is 4.12. The molecule has 0 aliphatic rings. The van der Waals surface area contributed by atoms with E-state index in [2.05, 4.69) is 54.8 Å². The Morgan fingerprint density at radius 2 is 1.88 bits per heavy atom. The van der Waals surface area contributed by atoms with Crippen LogP contribution >= 0.6 is 0 Å². The van der Waals surface area contributed by atoms with Gasteiger partial charge in [-0.3, -0.25) is 0 Å². The number of benzene rings is 1. The van der Waals surface area contributed by atoms with Crippen molar-refractivity contribution in [1.82, 2.24) is 4.90 Å². The second kappa shape index (κ2) is 6.95. The monoisotopic (exact) mass is 229 g/mol. The molecule has 0 amide bonds. The van der Waals surface area contributed by atoms with Gasteiger partial charge in [0.1, 0.15) is 0 Å². The summed E-state index contributed by atoms with van der Waals surface area (Å²) in [7, 11) is 4.07. The van der Waals surface area contributed by atoms with Gasteiger partial charge in [0.15, 0.2) is 0 Å². The molecule has 0 saturated carbocycles. The fraction of sp³-hybridized carbons (Fsp3) is 0.375. The van der Waals surface area contributed by atoms with Crippen molar-refractivity contribution in [3.8, 4) is 0 Å². The summed E-state index contributed by atoms with van der Waals surface area (Å²) in [6.45, 7) is 6.19. The Bertz CT molecular complexity index is 371. The molecule has 0 fully saturated rings. The highest BCUT2D eigenvalue weighted by molar-refractivity contribution is 5.49. The Labute approximate surface area is 105 Å². The third kappa shape index (κ3) is 4.90. The number of aryl methyl sites for hydroxylation is 1. The minimum atomic E-state index is 1.02. The Hall–Kier alpha value is -1.50. The van der Waals surface area contributed by atoms with Crippen LogP contribution in [-0.4, -0.2) is 19.0 Å². The van der Waals surface area contributed by atoms with Gasteiger partial charge >= 0.3 is 0 Å². The standard InChI is InChI=1S/C16H23N/c1-5-15-10-12-16(13-11-15)9-7-6-8-14(2)17(3)4/h7,9-13H,2,5-6,8H2,1,3-4H3/b9-7+. The Balaban J connectivity index is 2.40. The second-order valence-corrected chi connectivity index (χ2v) is 4.50. The lowest BCUT2D eigenvalue weighted by Gasteiger charge is -2.14. The van der Waals surface area contributed by atoms with E-state index in [9.17, 15) is 0 Å². The average molecular weight is 229 g/mol. The first-order valence-corrected chi connectivity index (χ1v) is 6.24. The summed E-state index contributed by atoms with van der Waals surface area (Å²) < 4.78 is 0. The van der Waals surface area contributed by atoms with Crippen LogP contribution < -0.4 is 0 Å². The van der Waals surface area contributed by atoms with E-state index < -0.39 is 0 Å². The normalized spacial score (nSPS) is 10.8. The highest BCUT2D eigenvalue weighted by Gasteiger charge is 1.93. The molecule has 0 radical (unpaired) electrons. The van der Waals surface area contributed by atoms with Gasteiger partial charge in [-0.2, -0.15) is 0 Å². The van der Waals surface area contributed by atoms with Crippen molar-refractivity contribution in [1.29, 1.82) is 0 Å². The van der Waals surface area contributed by atoms with E-state index in [1.165, 1.54) is 16.8 Å². The number of rotatable bonds is 6. The van der Waals surface area contributed by atoms with Crippen molar-refractivity contribution in [2.75, 3.05) is 14.1 Å². The molecule has 0 saturated heterocycles. The minimum Gasteiger partial charge on any atom is -0.381 e. The van der Waals surface area contributed by atoms with Crippen LogP contribution in [0.1, 0.15) is 30.9 Å². The zero-order valence-electron chi connectivity index (χ0n) is 11.2. The molecule has 92 valence electrons. The molecular formula is C16H23N. The van der Waals surface area contributed by atoms with Crippen LogP contribution in [-0.2, 0) is 6.42 Å². The summed E-state index contributed by atoms with van der Waals surface area (Å²) in [5, 5.41) is 0. The van der Waals surface area contributed by atoms with Gasteiger partial charge in [0.05, 0.1) is 0 Å². The van der Waals surface area contributed by atoms with E-state index in [1.807, 2.05) is 14.1 Å². The molecule has 1 aromatic carbocycles. The van der Waals surface area contributed by atoms with Crippen LogP contribution in [0.4, 0.5) is 0 Å². The third-order valence-electron chi connectivity index (χ3n) is 2.93. The van der Waals surface area contributed by atoms with Crippen molar-refractivity contribution in [3.05, 3.63) is 53.7 Å². The molecule has 0 spiro atoms. The summed E-state index contributed by atoms with van der Waals surface area (Å²) in [5.41, 5.74) is 3.84. The van der Waals surface area contributed by atoms with Crippen molar-refractivity contribution in [2.24, 2.45) is 0 Å². The van der Waals surface area contributed by atoms with Gasteiger partial charge in [0.25, 0.3) is 0 Å². The van der Waals surface area contributed by atoms with Gasteiger partial charge < -0.3 is 4.90 Å². The lowest BCUT2D eigenvalue weighted by molar-refractivity contribution is 0.491. The maximum atomic E-state index is 4.01. The summed E-state index contributed by atoms with van der Waals surface area (Å²) >= 11 is 0. The summed E-state index contributed by atoms with van der Waals surface area (Å²) in [4.78, 5) is 2.07. The molecule has 0 aliphatic carbocycles. The molecule has 0 heterocycles.